The molecule has 1 fully saturated rings. The van der Waals surface area contributed by atoms with Crippen molar-refractivity contribution in [3.63, 3.8) is 0 Å². The number of nitro benzene ring substituents is 1. The third-order valence-corrected chi connectivity index (χ3v) is 2.90. The molecule has 2 rings (SSSR count). The molecule has 5 nitrogen and oxygen atoms in total. The minimum absolute atomic E-state index is 0.00996. The molecule has 86 valence electrons. The van der Waals surface area contributed by atoms with Crippen molar-refractivity contribution in [2.45, 2.75) is 25.0 Å². The van der Waals surface area contributed by atoms with Crippen LogP contribution < -0.4 is 4.74 Å². The van der Waals surface area contributed by atoms with E-state index in [0.717, 1.165) is 0 Å². The maximum atomic E-state index is 10.6. The van der Waals surface area contributed by atoms with Gasteiger partial charge in [-0.05, 0) is 6.07 Å². The van der Waals surface area contributed by atoms with Gasteiger partial charge in [0.1, 0.15) is 11.9 Å². The van der Waals surface area contributed by atoms with E-state index in [-0.39, 0.29) is 17.9 Å². The smallest absolute Gasteiger partial charge is 0.274 e. The van der Waals surface area contributed by atoms with Crippen LogP contribution >= 0.6 is 15.9 Å². The summed E-state index contributed by atoms with van der Waals surface area (Å²) in [6.07, 6.45) is 0.830. The van der Waals surface area contributed by atoms with Crippen LogP contribution in [0.4, 0.5) is 5.69 Å². The number of nitrogens with zero attached hydrogens (tertiary/aromatic N) is 1. The second-order valence-corrected chi connectivity index (χ2v) is 4.68. The van der Waals surface area contributed by atoms with Crippen LogP contribution in [0.25, 0.3) is 0 Å². The summed E-state index contributed by atoms with van der Waals surface area (Å²) in [5.74, 6) is 0.456. The number of aliphatic hydroxyl groups is 1. The van der Waals surface area contributed by atoms with Crippen LogP contribution in [0.5, 0.6) is 5.75 Å². The summed E-state index contributed by atoms with van der Waals surface area (Å²) >= 11 is 3.19. The molecule has 0 heterocycles. The normalized spacial score (nSPS) is 23.6. The SMILES string of the molecule is O=[N+]([O-])c1cc(Br)cc(OC2CC(O)C2)c1. The average Bonchev–Trinajstić information content (AvgIpc) is 2.14. The van der Waals surface area contributed by atoms with Gasteiger partial charge in [0.05, 0.1) is 17.1 Å². The molecular weight excluding hydrogens is 278 g/mol. The summed E-state index contributed by atoms with van der Waals surface area (Å²) in [6, 6.07) is 4.48. The first-order valence-electron chi connectivity index (χ1n) is 4.84. The summed E-state index contributed by atoms with van der Waals surface area (Å²) < 4.78 is 6.11. The van der Waals surface area contributed by atoms with Gasteiger partial charge < -0.3 is 9.84 Å². The molecule has 0 amide bonds. The lowest BCUT2D eigenvalue weighted by molar-refractivity contribution is -0.385. The zero-order valence-corrected chi connectivity index (χ0v) is 9.88. The first kappa shape index (κ1) is 11.3. The third kappa shape index (κ3) is 2.51. The van der Waals surface area contributed by atoms with Crippen molar-refractivity contribution in [3.8, 4) is 5.75 Å². The summed E-state index contributed by atoms with van der Waals surface area (Å²) in [7, 11) is 0. The summed E-state index contributed by atoms with van der Waals surface area (Å²) in [6.45, 7) is 0. The Bertz CT molecular complexity index is 417. The van der Waals surface area contributed by atoms with E-state index in [0.29, 0.717) is 23.1 Å². The van der Waals surface area contributed by atoms with Crippen molar-refractivity contribution >= 4 is 21.6 Å². The minimum atomic E-state index is -0.465. The van der Waals surface area contributed by atoms with Gasteiger partial charge in [0, 0.05) is 23.4 Å². The van der Waals surface area contributed by atoms with Crippen molar-refractivity contribution in [3.05, 3.63) is 32.8 Å². The van der Waals surface area contributed by atoms with Crippen LogP contribution in [-0.2, 0) is 0 Å². The van der Waals surface area contributed by atoms with Crippen LogP contribution in [-0.4, -0.2) is 22.2 Å². The number of rotatable bonds is 3. The highest BCUT2D eigenvalue weighted by molar-refractivity contribution is 9.10. The van der Waals surface area contributed by atoms with E-state index >= 15 is 0 Å². The van der Waals surface area contributed by atoms with E-state index in [2.05, 4.69) is 15.9 Å². The van der Waals surface area contributed by atoms with Crippen LogP contribution in [0.2, 0.25) is 0 Å². The predicted octanol–water partition coefficient (Wildman–Crippen LogP) is 2.26. The first-order valence-corrected chi connectivity index (χ1v) is 5.63. The quantitative estimate of drug-likeness (QED) is 0.684. The molecule has 0 atom stereocenters. The Hall–Kier alpha value is -1.14. The summed E-state index contributed by atoms with van der Waals surface area (Å²) in [4.78, 5) is 10.2. The second-order valence-electron chi connectivity index (χ2n) is 3.77. The highest BCUT2D eigenvalue weighted by Crippen LogP contribution is 2.30. The number of hydrogen-bond donors (Lipinski definition) is 1. The van der Waals surface area contributed by atoms with E-state index in [1.54, 1.807) is 6.07 Å². The molecule has 0 aromatic heterocycles. The van der Waals surface area contributed by atoms with Crippen molar-refractivity contribution < 1.29 is 14.8 Å². The van der Waals surface area contributed by atoms with Crippen LogP contribution in [0.3, 0.4) is 0 Å². The lowest BCUT2D eigenvalue weighted by atomic mass is 9.92. The van der Waals surface area contributed by atoms with Crippen LogP contribution in [0, 0.1) is 10.1 Å². The first-order chi connectivity index (χ1) is 7.54. The highest BCUT2D eigenvalue weighted by Gasteiger charge is 2.29. The van der Waals surface area contributed by atoms with Gasteiger partial charge in [-0.25, -0.2) is 0 Å². The Morgan fingerprint density at radius 2 is 2.12 bits per heavy atom. The Balaban J connectivity index is 2.11. The zero-order valence-electron chi connectivity index (χ0n) is 8.30. The summed E-state index contributed by atoms with van der Waals surface area (Å²) in [5.41, 5.74) is -0.00996. The van der Waals surface area contributed by atoms with E-state index in [4.69, 9.17) is 9.84 Å². The maximum absolute atomic E-state index is 10.6. The molecule has 0 radical (unpaired) electrons. The van der Waals surface area contributed by atoms with Crippen LogP contribution in [0.15, 0.2) is 22.7 Å². The molecule has 0 bridgehead atoms. The molecule has 0 spiro atoms. The van der Waals surface area contributed by atoms with Gasteiger partial charge in [0.25, 0.3) is 5.69 Å². The van der Waals surface area contributed by atoms with Gasteiger partial charge in [0.2, 0.25) is 0 Å². The number of halogens is 1. The lowest BCUT2D eigenvalue weighted by Gasteiger charge is -2.31. The number of nitro groups is 1. The molecular formula is C10H10BrNO4. The number of hydrogen-bond acceptors (Lipinski definition) is 4. The van der Waals surface area contributed by atoms with E-state index in [1.807, 2.05) is 0 Å². The molecule has 0 unspecified atom stereocenters. The second kappa shape index (κ2) is 4.39. The standard InChI is InChI=1S/C10H10BrNO4/c11-6-1-7(12(14)15)3-9(2-6)16-10-4-8(13)5-10/h1-3,8,10,13H,4-5H2. The molecule has 1 aromatic rings. The van der Waals surface area contributed by atoms with Gasteiger partial charge >= 0.3 is 0 Å². The largest absolute Gasteiger partial charge is 0.490 e. The Kier molecular flexibility index (Phi) is 3.11. The molecule has 1 aromatic carbocycles. The Morgan fingerprint density at radius 1 is 1.44 bits per heavy atom. The van der Waals surface area contributed by atoms with Crippen LogP contribution in [0.1, 0.15) is 12.8 Å². The van der Waals surface area contributed by atoms with Gasteiger partial charge in [-0.3, -0.25) is 10.1 Å². The summed E-state index contributed by atoms with van der Waals surface area (Å²) in [5, 5.41) is 19.7. The molecule has 16 heavy (non-hydrogen) atoms. The lowest BCUT2D eigenvalue weighted by Crippen LogP contribution is -2.37. The van der Waals surface area contributed by atoms with E-state index in [9.17, 15) is 10.1 Å². The molecule has 1 aliphatic rings. The van der Waals surface area contributed by atoms with Gasteiger partial charge in [0.15, 0.2) is 0 Å². The number of benzene rings is 1. The van der Waals surface area contributed by atoms with Crippen molar-refractivity contribution in [2.24, 2.45) is 0 Å². The fourth-order valence-electron chi connectivity index (χ4n) is 1.55. The zero-order chi connectivity index (χ0) is 11.7. The molecule has 1 aliphatic carbocycles. The average molecular weight is 288 g/mol. The number of non-ortho nitro benzene ring substituents is 1. The Labute approximate surface area is 100 Å². The van der Waals surface area contributed by atoms with Gasteiger partial charge in [-0.15, -0.1) is 0 Å². The van der Waals surface area contributed by atoms with Crippen molar-refractivity contribution in [1.29, 1.82) is 0 Å². The monoisotopic (exact) mass is 287 g/mol. The van der Waals surface area contributed by atoms with Crippen molar-refractivity contribution in [1.82, 2.24) is 0 Å². The molecule has 6 heteroatoms. The number of aliphatic hydroxyl groups excluding tert-OH is 1. The molecule has 1 saturated carbocycles. The van der Waals surface area contributed by atoms with Gasteiger partial charge in [-0.1, -0.05) is 15.9 Å². The molecule has 1 N–H and O–H groups in total. The highest BCUT2D eigenvalue weighted by atomic mass is 79.9. The Morgan fingerprint density at radius 3 is 2.69 bits per heavy atom. The van der Waals surface area contributed by atoms with Crippen molar-refractivity contribution in [2.75, 3.05) is 0 Å². The fraction of sp³-hybridized carbons (Fsp3) is 0.400. The van der Waals surface area contributed by atoms with E-state index < -0.39 is 4.92 Å². The van der Waals surface area contributed by atoms with E-state index in [1.165, 1.54) is 12.1 Å². The molecule has 0 saturated heterocycles. The fourth-order valence-corrected chi connectivity index (χ4v) is 2.01. The molecule has 0 aliphatic heterocycles. The predicted molar refractivity (Wildman–Crippen MR) is 60.5 cm³/mol. The third-order valence-electron chi connectivity index (χ3n) is 2.44. The minimum Gasteiger partial charge on any atom is -0.490 e. The maximum Gasteiger partial charge on any atom is 0.274 e. The topological polar surface area (TPSA) is 72.6 Å². The van der Waals surface area contributed by atoms with Gasteiger partial charge in [-0.2, -0.15) is 0 Å². The number of ether oxygens (including phenoxy) is 1.